The van der Waals surface area contributed by atoms with Gasteiger partial charge in [0, 0.05) is 23.5 Å². The average molecular weight is 477 g/mol. The lowest BCUT2D eigenvalue weighted by molar-refractivity contribution is -0.116. The number of fused-ring (bicyclic) bond motifs is 6. The SMILES string of the molecule is O=C(CCC1CCNCC1)Nc1ccc2cc1CCc1cccc(c1)Nc1ncc(Cl)c(n1)N2. The van der Waals surface area contributed by atoms with E-state index in [0.717, 1.165) is 67.8 Å². The van der Waals surface area contributed by atoms with Crippen LogP contribution < -0.4 is 21.3 Å². The molecule has 0 spiro atoms. The maximum absolute atomic E-state index is 12.8. The molecule has 0 atom stereocenters. The quantitative estimate of drug-likeness (QED) is 0.401. The highest BCUT2D eigenvalue weighted by Crippen LogP contribution is 2.29. The predicted octanol–water partition coefficient (Wildman–Crippen LogP) is 5.43. The summed E-state index contributed by atoms with van der Waals surface area (Å²) >= 11 is 6.36. The van der Waals surface area contributed by atoms with Gasteiger partial charge in [0.25, 0.3) is 0 Å². The van der Waals surface area contributed by atoms with Crippen LogP contribution in [0.4, 0.5) is 28.8 Å². The number of hydrogen-bond donors (Lipinski definition) is 4. The number of nitrogens with one attached hydrogen (secondary N) is 4. The zero-order valence-corrected chi connectivity index (χ0v) is 19.8. The molecule has 7 nitrogen and oxygen atoms in total. The number of amides is 1. The third kappa shape index (κ3) is 5.66. The van der Waals surface area contributed by atoms with Crippen LogP contribution in [0.3, 0.4) is 0 Å². The molecular weight excluding hydrogens is 448 g/mol. The second-order valence-corrected chi connectivity index (χ2v) is 9.40. The van der Waals surface area contributed by atoms with Crippen LogP contribution in [0.15, 0.2) is 48.7 Å². The van der Waals surface area contributed by atoms with E-state index in [-0.39, 0.29) is 5.91 Å². The van der Waals surface area contributed by atoms with E-state index < -0.39 is 0 Å². The van der Waals surface area contributed by atoms with Crippen molar-refractivity contribution in [2.75, 3.05) is 29.0 Å². The fraction of sp³-hybridized carbons (Fsp3) is 0.346. The summed E-state index contributed by atoms with van der Waals surface area (Å²) in [5.41, 5.74) is 4.91. The lowest BCUT2D eigenvalue weighted by atomic mass is 9.93. The molecule has 2 aliphatic rings. The molecule has 34 heavy (non-hydrogen) atoms. The third-order valence-corrected chi connectivity index (χ3v) is 6.77. The van der Waals surface area contributed by atoms with Gasteiger partial charge in [-0.25, -0.2) is 4.98 Å². The Balaban J connectivity index is 1.38. The summed E-state index contributed by atoms with van der Waals surface area (Å²) < 4.78 is 0. The molecule has 0 unspecified atom stereocenters. The van der Waals surface area contributed by atoms with Crippen molar-refractivity contribution in [1.29, 1.82) is 0 Å². The third-order valence-electron chi connectivity index (χ3n) is 6.49. The van der Waals surface area contributed by atoms with E-state index in [4.69, 9.17) is 11.6 Å². The molecular formula is C26H29ClN6O. The van der Waals surface area contributed by atoms with Crippen molar-refractivity contribution in [3.8, 4) is 0 Å². The standard InChI is InChI=1S/C26H29ClN6O/c27-22-16-29-26-31-20-3-1-2-18(14-20)4-6-19-15-21(30-25(22)33-26)7-8-23(19)32-24(34)9-5-17-10-12-28-13-11-17/h1-3,7-8,14-17,28H,4-6,9-13H2,(H,32,34)(H2,29,30,31,33). The van der Waals surface area contributed by atoms with E-state index in [2.05, 4.69) is 49.4 Å². The summed E-state index contributed by atoms with van der Waals surface area (Å²) in [5.74, 6) is 1.71. The van der Waals surface area contributed by atoms with Crippen LogP contribution in [-0.4, -0.2) is 29.0 Å². The molecule has 6 bridgehead atoms. The van der Waals surface area contributed by atoms with Crippen molar-refractivity contribution < 1.29 is 4.79 Å². The van der Waals surface area contributed by atoms with Crippen LogP contribution in [0.25, 0.3) is 0 Å². The molecule has 2 aliphatic heterocycles. The van der Waals surface area contributed by atoms with Crippen molar-refractivity contribution in [2.24, 2.45) is 5.92 Å². The minimum atomic E-state index is 0.0769. The Morgan fingerprint density at radius 2 is 1.91 bits per heavy atom. The van der Waals surface area contributed by atoms with Crippen molar-refractivity contribution in [3.05, 3.63) is 64.8 Å². The Labute approximate surface area is 204 Å². The molecule has 0 radical (unpaired) electrons. The lowest BCUT2D eigenvalue weighted by Crippen LogP contribution is -2.28. The number of aryl methyl sites for hydroxylation is 2. The van der Waals surface area contributed by atoms with E-state index in [9.17, 15) is 4.79 Å². The molecule has 0 aliphatic carbocycles. The first kappa shape index (κ1) is 22.6. The second-order valence-electron chi connectivity index (χ2n) is 8.99. The molecule has 8 heteroatoms. The Bertz CT molecular complexity index is 1180. The summed E-state index contributed by atoms with van der Waals surface area (Å²) in [7, 11) is 0. The van der Waals surface area contributed by atoms with Gasteiger partial charge in [-0.1, -0.05) is 23.7 Å². The Morgan fingerprint density at radius 1 is 1.06 bits per heavy atom. The van der Waals surface area contributed by atoms with Gasteiger partial charge in [-0.2, -0.15) is 4.98 Å². The van der Waals surface area contributed by atoms with Gasteiger partial charge in [0.15, 0.2) is 5.82 Å². The zero-order chi connectivity index (χ0) is 23.3. The molecule has 1 fully saturated rings. The number of carbonyl (C=O) groups is 1. The zero-order valence-electron chi connectivity index (χ0n) is 19.0. The molecule has 2 aromatic carbocycles. The van der Waals surface area contributed by atoms with E-state index in [1.807, 2.05) is 24.3 Å². The topological polar surface area (TPSA) is 91.0 Å². The predicted molar refractivity (Wildman–Crippen MR) is 137 cm³/mol. The van der Waals surface area contributed by atoms with Crippen molar-refractivity contribution in [3.63, 3.8) is 0 Å². The van der Waals surface area contributed by atoms with Gasteiger partial charge < -0.3 is 21.3 Å². The summed E-state index contributed by atoms with van der Waals surface area (Å²) in [5, 5.41) is 13.5. The molecule has 176 valence electrons. The first-order valence-corrected chi connectivity index (χ1v) is 12.3. The Morgan fingerprint density at radius 3 is 2.79 bits per heavy atom. The monoisotopic (exact) mass is 476 g/mol. The van der Waals surface area contributed by atoms with Crippen LogP contribution in [-0.2, 0) is 17.6 Å². The fourth-order valence-electron chi connectivity index (χ4n) is 4.58. The van der Waals surface area contributed by atoms with Gasteiger partial charge in [0.2, 0.25) is 11.9 Å². The summed E-state index contributed by atoms with van der Waals surface area (Å²) in [6.07, 6.45) is 7.02. The number of rotatable bonds is 4. The number of halogens is 1. The summed E-state index contributed by atoms with van der Waals surface area (Å²) in [6.45, 7) is 2.11. The Kier molecular flexibility index (Phi) is 6.92. The van der Waals surface area contributed by atoms with Gasteiger partial charge in [-0.15, -0.1) is 0 Å². The first-order valence-electron chi connectivity index (χ1n) is 11.9. The van der Waals surface area contributed by atoms with Gasteiger partial charge in [0.05, 0.1) is 6.20 Å². The highest BCUT2D eigenvalue weighted by Gasteiger charge is 2.16. The van der Waals surface area contributed by atoms with Crippen LogP contribution in [0.5, 0.6) is 0 Å². The van der Waals surface area contributed by atoms with Gasteiger partial charge in [0.1, 0.15) is 5.02 Å². The minimum absolute atomic E-state index is 0.0769. The van der Waals surface area contributed by atoms with Gasteiger partial charge in [-0.3, -0.25) is 4.79 Å². The number of carbonyl (C=O) groups excluding carboxylic acids is 1. The van der Waals surface area contributed by atoms with Gasteiger partial charge in [-0.05, 0) is 92.6 Å². The van der Waals surface area contributed by atoms with Crippen molar-refractivity contribution >= 4 is 46.3 Å². The van der Waals surface area contributed by atoms with E-state index >= 15 is 0 Å². The summed E-state index contributed by atoms with van der Waals surface area (Å²) in [6, 6.07) is 14.2. The average Bonchev–Trinajstić information content (AvgIpc) is 2.86. The highest BCUT2D eigenvalue weighted by molar-refractivity contribution is 6.32. The minimum Gasteiger partial charge on any atom is -0.339 e. The van der Waals surface area contributed by atoms with Gasteiger partial charge >= 0.3 is 0 Å². The molecule has 1 aromatic heterocycles. The summed E-state index contributed by atoms with van der Waals surface area (Å²) in [4.78, 5) is 21.6. The number of anilines is 5. The second kappa shape index (κ2) is 10.4. The van der Waals surface area contributed by atoms with E-state index in [1.165, 1.54) is 5.56 Å². The van der Waals surface area contributed by atoms with E-state index in [0.29, 0.717) is 29.1 Å². The molecule has 1 amide bonds. The molecule has 5 rings (SSSR count). The van der Waals surface area contributed by atoms with Crippen LogP contribution in [0.1, 0.15) is 36.8 Å². The van der Waals surface area contributed by atoms with Crippen LogP contribution in [0.2, 0.25) is 5.02 Å². The molecule has 4 N–H and O–H groups in total. The number of hydrogen-bond acceptors (Lipinski definition) is 6. The maximum atomic E-state index is 12.8. The molecule has 3 aromatic rings. The lowest BCUT2D eigenvalue weighted by Gasteiger charge is -2.22. The molecule has 1 saturated heterocycles. The van der Waals surface area contributed by atoms with Crippen LogP contribution >= 0.6 is 11.6 Å². The van der Waals surface area contributed by atoms with E-state index in [1.54, 1.807) is 6.20 Å². The molecule has 0 saturated carbocycles. The molecule has 3 heterocycles. The fourth-order valence-corrected chi connectivity index (χ4v) is 4.72. The largest absolute Gasteiger partial charge is 0.339 e. The normalized spacial score (nSPS) is 15.7. The van der Waals surface area contributed by atoms with Crippen LogP contribution in [0, 0.1) is 5.92 Å². The number of aromatic nitrogens is 2. The Hall–Kier alpha value is -3.16. The smallest absolute Gasteiger partial charge is 0.229 e. The highest BCUT2D eigenvalue weighted by atomic mass is 35.5. The first-order chi connectivity index (χ1) is 16.6. The number of piperidine rings is 1. The number of benzene rings is 2. The maximum Gasteiger partial charge on any atom is 0.229 e. The van der Waals surface area contributed by atoms with Crippen molar-refractivity contribution in [1.82, 2.24) is 15.3 Å². The number of nitrogens with zero attached hydrogens (tertiary/aromatic N) is 2. The van der Waals surface area contributed by atoms with Crippen molar-refractivity contribution in [2.45, 2.75) is 38.5 Å².